The summed E-state index contributed by atoms with van der Waals surface area (Å²) in [7, 11) is 0. The second kappa shape index (κ2) is 1.43. The third-order valence-electron chi connectivity index (χ3n) is 0.987. The average Bonchev–Trinajstić information content (AvgIpc) is 1.86. The Morgan fingerprint density at radius 3 is 2.67 bits per heavy atom. The third kappa shape index (κ3) is 0.601. The molecule has 1 N–H and O–H groups in total. The predicted octanol–water partition coefficient (Wildman–Crippen LogP) is 0.697. The van der Waals surface area contributed by atoms with E-state index >= 15 is 0 Å². The molecule has 0 saturated carbocycles. The number of hydrogen-bond donors (Lipinski definition) is 1. The van der Waals surface area contributed by atoms with Gasteiger partial charge >= 0.3 is 0 Å². The quantitative estimate of drug-likeness (QED) is 0.428. The van der Waals surface area contributed by atoms with Gasteiger partial charge in [0, 0.05) is 0 Å². The molecule has 0 bridgehead atoms. The number of hydrogen-bond acceptors (Lipinski definition) is 1. The van der Waals surface area contributed by atoms with Gasteiger partial charge in [-0.1, -0.05) is 12.2 Å². The molecular weight excluding hydrogens is 76.1 g/mol. The first kappa shape index (κ1) is 3.88. The fraction of sp³-hybridized carbons (Fsp3) is 0.600. The summed E-state index contributed by atoms with van der Waals surface area (Å²) in [5.74, 6) is 0. The van der Waals surface area contributed by atoms with Gasteiger partial charge < -0.3 is 5.11 Å². The summed E-state index contributed by atoms with van der Waals surface area (Å²) in [6.45, 7) is 0. The fourth-order valence-electron chi connectivity index (χ4n) is 0.617. The molecule has 0 heterocycles. The minimum atomic E-state index is -0.134. The second-order valence-electron chi connectivity index (χ2n) is 1.57. The van der Waals surface area contributed by atoms with Crippen LogP contribution in [0.15, 0.2) is 12.2 Å². The molecule has 1 heteroatoms. The van der Waals surface area contributed by atoms with Gasteiger partial charge in [0.25, 0.3) is 0 Å². The maximum Gasteiger partial charge on any atom is 0.0723 e. The standard InChI is InChI=1S/C5H8O/c6-5-3-1-2-4-5/h1,3,5-6H,2,4H2/t5-/m0/s1. The Morgan fingerprint density at radius 2 is 2.50 bits per heavy atom. The largest absolute Gasteiger partial charge is 0.389 e. The molecule has 0 amide bonds. The van der Waals surface area contributed by atoms with Crippen LogP contribution in [0.5, 0.6) is 0 Å². The maximum atomic E-state index is 8.64. The minimum Gasteiger partial charge on any atom is -0.389 e. The molecule has 0 aromatic carbocycles. The summed E-state index contributed by atoms with van der Waals surface area (Å²) in [5.41, 5.74) is 0. The smallest absolute Gasteiger partial charge is 0.0723 e. The monoisotopic (exact) mass is 84.1 g/mol. The van der Waals surface area contributed by atoms with Gasteiger partial charge in [-0.3, -0.25) is 0 Å². The number of allylic oxidation sites excluding steroid dienone is 1. The highest BCUT2D eigenvalue weighted by molar-refractivity contribution is 4.95. The summed E-state index contributed by atoms with van der Waals surface area (Å²) >= 11 is 0. The molecule has 0 aromatic heterocycles. The highest BCUT2D eigenvalue weighted by atomic mass is 16.3. The van der Waals surface area contributed by atoms with Crippen molar-refractivity contribution in [2.24, 2.45) is 0 Å². The fourth-order valence-corrected chi connectivity index (χ4v) is 0.617. The van der Waals surface area contributed by atoms with E-state index in [1.165, 1.54) is 0 Å². The van der Waals surface area contributed by atoms with Crippen LogP contribution in [0.4, 0.5) is 0 Å². The number of aliphatic hydroxyl groups is 1. The molecule has 0 unspecified atom stereocenters. The van der Waals surface area contributed by atoms with Crippen molar-refractivity contribution in [3.8, 4) is 0 Å². The van der Waals surface area contributed by atoms with Gasteiger partial charge in [-0.2, -0.15) is 0 Å². The Bertz CT molecular complexity index is 66.3. The lowest BCUT2D eigenvalue weighted by Gasteiger charge is -1.89. The highest BCUT2D eigenvalue weighted by Gasteiger charge is 2.00. The van der Waals surface area contributed by atoms with Crippen molar-refractivity contribution in [2.75, 3.05) is 0 Å². The SMILES string of the molecule is O[C@H]1C=CCC1. The molecule has 0 fully saturated rings. The molecule has 0 saturated heterocycles. The van der Waals surface area contributed by atoms with Gasteiger partial charge in [-0.05, 0) is 12.8 Å². The second-order valence-corrected chi connectivity index (χ2v) is 1.57. The average molecular weight is 84.1 g/mol. The van der Waals surface area contributed by atoms with Crippen LogP contribution in [0.3, 0.4) is 0 Å². The zero-order chi connectivity index (χ0) is 4.41. The Balaban J connectivity index is 2.38. The van der Waals surface area contributed by atoms with E-state index in [1.54, 1.807) is 0 Å². The van der Waals surface area contributed by atoms with Gasteiger partial charge in [0.15, 0.2) is 0 Å². The van der Waals surface area contributed by atoms with Gasteiger partial charge in [0.05, 0.1) is 6.10 Å². The van der Waals surface area contributed by atoms with Crippen LogP contribution in [-0.2, 0) is 0 Å². The van der Waals surface area contributed by atoms with Crippen LogP contribution >= 0.6 is 0 Å². The van der Waals surface area contributed by atoms with Crippen LogP contribution in [0.1, 0.15) is 12.8 Å². The molecule has 0 spiro atoms. The van der Waals surface area contributed by atoms with E-state index in [0.29, 0.717) is 0 Å². The first-order valence-electron chi connectivity index (χ1n) is 2.24. The number of aliphatic hydroxyl groups excluding tert-OH is 1. The summed E-state index contributed by atoms with van der Waals surface area (Å²) in [5, 5.41) is 8.64. The molecule has 34 valence electrons. The van der Waals surface area contributed by atoms with Crippen LogP contribution in [0.2, 0.25) is 0 Å². The topological polar surface area (TPSA) is 20.2 Å². The molecule has 1 atom stereocenters. The molecule has 1 rings (SSSR count). The van der Waals surface area contributed by atoms with Crippen molar-refractivity contribution < 1.29 is 5.11 Å². The van der Waals surface area contributed by atoms with E-state index in [4.69, 9.17) is 5.11 Å². The lowest BCUT2D eigenvalue weighted by molar-refractivity contribution is 0.223. The Kier molecular flexibility index (Phi) is 0.926. The van der Waals surface area contributed by atoms with Gasteiger partial charge in [-0.15, -0.1) is 0 Å². The van der Waals surface area contributed by atoms with Crippen molar-refractivity contribution in [3.63, 3.8) is 0 Å². The molecule has 1 aliphatic carbocycles. The first-order chi connectivity index (χ1) is 2.89. The minimum absolute atomic E-state index is 0.134. The van der Waals surface area contributed by atoms with E-state index in [-0.39, 0.29) is 6.10 Å². The number of rotatable bonds is 0. The molecule has 0 aliphatic heterocycles. The first-order valence-corrected chi connectivity index (χ1v) is 2.24. The summed E-state index contributed by atoms with van der Waals surface area (Å²) in [6, 6.07) is 0. The van der Waals surface area contributed by atoms with Crippen molar-refractivity contribution in [1.29, 1.82) is 0 Å². The maximum absolute atomic E-state index is 8.64. The van der Waals surface area contributed by atoms with Crippen LogP contribution in [0, 0.1) is 0 Å². The molecular formula is C5H8O. The van der Waals surface area contributed by atoms with E-state index in [2.05, 4.69) is 0 Å². The summed E-state index contributed by atoms with van der Waals surface area (Å²) < 4.78 is 0. The van der Waals surface area contributed by atoms with Crippen molar-refractivity contribution >= 4 is 0 Å². The summed E-state index contributed by atoms with van der Waals surface area (Å²) in [4.78, 5) is 0. The van der Waals surface area contributed by atoms with Gasteiger partial charge in [0.1, 0.15) is 0 Å². The molecule has 1 aliphatic rings. The van der Waals surface area contributed by atoms with E-state index in [9.17, 15) is 0 Å². The Hall–Kier alpha value is -0.300. The third-order valence-corrected chi connectivity index (χ3v) is 0.987. The van der Waals surface area contributed by atoms with Crippen molar-refractivity contribution in [2.45, 2.75) is 18.9 Å². The van der Waals surface area contributed by atoms with Crippen molar-refractivity contribution in [1.82, 2.24) is 0 Å². The molecule has 6 heavy (non-hydrogen) atoms. The van der Waals surface area contributed by atoms with E-state index < -0.39 is 0 Å². The lowest BCUT2D eigenvalue weighted by Crippen LogP contribution is -1.93. The Morgan fingerprint density at radius 1 is 1.67 bits per heavy atom. The zero-order valence-electron chi connectivity index (χ0n) is 3.59. The van der Waals surface area contributed by atoms with Gasteiger partial charge in [0.2, 0.25) is 0 Å². The van der Waals surface area contributed by atoms with E-state index in [0.717, 1.165) is 12.8 Å². The van der Waals surface area contributed by atoms with Crippen LogP contribution < -0.4 is 0 Å². The van der Waals surface area contributed by atoms with E-state index in [1.807, 2.05) is 12.2 Å². The van der Waals surface area contributed by atoms with Crippen LogP contribution in [0.25, 0.3) is 0 Å². The lowest BCUT2D eigenvalue weighted by atomic mass is 10.3. The molecule has 0 aromatic rings. The highest BCUT2D eigenvalue weighted by Crippen LogP contribution is 2.06. The zero-order valence-corrected chi connectivity index (χ0v) is 3.59. The predicted molar refractivity (Wildman–Crippen MR) is 24.4 cm³/mol. The molecule has 0 radical (unpaired) electrons. The molecule has 1 nitrogen and oxygen atoms in total. The Labute approximate surface area is 37.3 Å². The van der Waals surface area contributed by atoms with Crippen molar-refractivity contribution in [3.05, 3.63) is 12.2 Å². The van der Waals surface area contributed by atoms with Crippen LogP contribution in [-0.4, -0.2) is 11.2 Å². The summed E-state index contributed by atoms with van der Waals surface area (Å²) in [6.07, 6.45) is 5.69. The normalized spacial score (nSPS) is 31.8. The van der Waals surface area contributed by atoms with Gasteiger partial charge in [-0.25, -0.2) is 0 Å².